The summed E-state index contributed by atoms with van der Waals surface area (Å²) in [5.74, 6) is -0.680. The second-order valence-electron chi connectivity index (χ2n) is 7.14. The van der Waals surface area contributed by atoms with Gasteiger partial charge in [0.2, 0.25) is 0 Å². The van der Waals surface area contributed by atoms with Crippen molar-refractivity contribution < 1.29 is 19.4 Å². The maximum Gasteiger partial charge on any atom is 0.301 e. The summed E-state index contributed by atoms with van der Waals surface area (Å²) < 4.78 is 5.58. The zero-order valence-corrected chi connectivity index (χ0v) is 17.1. The minimum absolute atomic E-state index is 0.0316. The molecule has 1 aromatic heterocycles. The lowest BCUT2D eigenvalue weighted by molar-refractivity contribution is -0.132. The van der Waals surface area contributed by atoms with Crippen LogP contribution in [-0.4, -0.2) is 28.4 Å². The van der Waals surface area contributed by atoms with E-state index < -0.39 is 17.7 Å². The number of hydrogen-bond acceptors (Lipinski definition) is 5. The van der Waals surface area contributed by atoms with Crippen LogP contribution in [0.4, 0.5) is 5.82 Å². The number of aromatic nitrogens is 1. The molecule has 2 aromatic carbocycles. The number of pyridine rings is 1. The maximum atomic E-state index is 13.0. The third kappa shape index (κ3) is 3.92. The average Bonchev–Trinajstić information content (AvgIpc) is 3.09. The van der Waals surface area contributed by atoms with E-state index in [1.54, 1.807) is 48.7 Å². The predicted molar refractivity (Wildman–Crippen MR) is 118 cm³/mol. The van der Waals surface area contributed by atoms with Crippen LogP contribution in [-0.2, 0) is 9.59 Å². The van der Waals surface area contributed by atoms with Gasteiger partial charge in [0.1, 0.15) is 17.3 Å². The number of amides is 1. The van der Waals surface area contributed by atoms with E-state index in [0.717, 1.165) is 6.42 Å². The number of anilines is 1. The first kappa shape index (κ1) is 20.3. The Morgan fingerprint density at radius 2 is 1.71 bits per heavy atom. The normalized spacial score (nSPS) is 17.7. The van der Waals surface area contributed by atoms with Crippen molar-refractivity contribution in [3.8, 4) is 5.75 Å². The molecular weight excluding hydrogens is 392 g/mol. The topological polar surface area (TPSA) is 79.7 Å². The molecule has 6 heteroatoms. The third-order valence-electron chi connectivity index (χ3n) is 5.06. The van der Waals surface area contributed by atoms with Gasteiger partial charge in [-0.1, -0.05) is 43.3 Å². The Bertz CT molecular complexity index is 1110. The number of Topliss-reactive ketones (excluding diaryl/α,β-unsaturated/α-hetero) is 1. The van der Waals surface area contributed by atoms with E-state index in [9.17, 15) is 14.7 Å². The molecule has 1 aliphatic rings. The van der Waals surface area contributed by atoms with Crippen molar-refractivity contribution in [2.45, 2.75) is 19.4 Å². The average molecular weight is 414 g/mol. The van der Waals surface area contributed by atoms with Gasteiger partial charge in [0, 0.05) is 11.8 Å². The smallest absolute Gasteiger partial charge is 0.301 e. The number of ketones is 1. The summed E-state index contributed by atoms with van der Waals surface area (Å²) in [6.45, 7) is 2.61. The summed E-state index contributed by atoms with van der Waals surface area (Å²) >= 11 is 0. The molecule has 1 saturated heterocycles. The molecule has 0 spiro atoms. The second-order valence-corrected chi connectivity index (χ2v) is 7.14. The monoisotopic (exact) mass is 414 g/mol. The summed E-state index contributed by atoms with van der Waals surface area (Å²) in [6, 6.07) is 20.3. The van der Waals surface area contributed by atoms with Gasteiger partial charge >= 0.3 is 5.91 Å². The number of hydrogen-bond donors (Lipinski definition) is 1. The Hall–Kier alpha value is -3.93. The molecule has 0 bridgehead atoms. The fourth-order valence-electron chi connectivity index (χ4n) is 3.60. The molecule has 2 heterocycles. The van der Waals surface area contributed by atoms with Crippen molar-refractivity contribution in [3.63, 3.8) is 0 Å². The summed E-state index contributed by atoms with van der Waals surface area (Å²) in [5, 5.41) is 11.1. The van der Waals surface area contributed by atoms with Crippen molar-refractivity contribution in [1.29, 1.82) is 0 Å². The fraction of sp³-hybridized carbons (Fsp3) is 0.160. The van der Waals surface area contributed by atoms with Crippen LogP contribution in [0.25, 0.3) is 5.76 Å². The van der Waals surface area contributed by atoms with Gasteiger partial charge in [0.15, 0.2) is 0 Å². The first-order chi connectivity index (χ1) is 15.1. The Labute approximate surface area is 180 Å². The largest absolute Gasteiger partial charge is 0.507 e. The molecule has 1 aliphatic heterocycles. The second kappa shape index (κ2) is 8.83. The van der Waals surface area contributed by atoms with Crippen LogP contribution >= 0.6 is 0 Å². The number of aliphatic hydroxyl groups excluding tert-OH is 1. The van der Waals surface area contributed by atoms with Gasteiger partial charge in [-0.2, -0.15) is 0 Å². The lowest BCUT2D eigenvalue weighted by atomic mass is 9.95. The molecular formula is C25H22N2O4. The molecule has 1 atom stereocenters. The predicted octanol–water partition coefficient (Wildman–Crippen LogP) is 4.50. The van der Waals surface area contributed by atoms with E-state index in [0.29, 0.717) is 29.3 Å². The zero-order valence-electron chi connectivity index (χ0n) is 17.1. The highest BCUT2D eigenvalue weighted by atomic mass is 16.5. The molecule has 0 aliphatic carbocycles. The number of aliphatic hydroxyl groups is 1. The zero-order chi connectivity index (χ0) is 21.8. The van der Waals surface area contributed by atoms with Gasteiger partial charge in [0.05, 0.1) is 18.2 Å². The quantitative estimate of drug-likeness (QED) is 0.365. The van der Waals surface area contributed by atoms with Crippen LogP contribution in [0.3, 0.4) is 0 Å². The Morgan fingerprint density at radius 1 is 1.00 bits per heavy atom. The van der Waals surface area contributed by atoms with E-state index in [1.165, 1.54) is 4.90 Å². The molecule has 4 rings (SSSR count). The molecule has 1 unspecified atom stereocenters. The van der Waals surface area contributed by atoms with Gasteiger partial charge in [-0.25, -0.2) is 4.98 Å². The van der Waals surface area contributed by atoms with Crippen molar-refractivity contribution in [1.82, 2.24) is 4.98 Å². The van der Waals surface area contributed by atoms with Crippen molar-refractivity contribution in [2.75, 3.05) is 11.5 Å². The number of ether oxygens (including phenoxy) is 1. The van der Waals surface area contributed by atoms with Crippen LogP contribution < -0.4 is 9.64 Å². The first-order valence-electron chi connectivity index (χ1n) is 10.1. The van der Waals surface area contributed by atoms with Crippen LogP contribution in [0.15, 0.2) is 84.6 Å². The molecule has 6 nitrogen and oxygen atoms in total. The molecule has 0 saturated carbocycles. The summed E-state index contributed by atoms with van der Waals surface area (Å²) in [7, 11) is 0. The van der Waals surface area contributed by atoms with Crippen molar-refractivity contribution >= 4 is 23.3 Å². The minimum Gasteiger partial charge on any atom is -0.507 e. The molecule has 1 fully saturated rings. The van der Waals surface area contributed by atoms with E-state index in [1.807, 2.05) is 37.3 Å². The number of carbonyl (C=O) groups is 2. The molecule has 156 valence electrons. The highest BCUT2D eigenvalue weighted by Gasteiger charge is 2.47. The van der Waals surface area contributed by atoms with Crippen molar-refractivity contribution in [2.24, 2.45) is 0 Å². The lowest BCUT2D eigenvalue weighted by Crippen LogP contribution is -2.30. The summed E-state index contributed by atoms with van der Waals surface area (Å²) in [6.07, 6.45) is 2.45. The van der Waals surface area contributed by atoms with Gasteiger partial charge in [-0.05, 0) is 48.4 Å². The summed E-state index contributed by atoms with van der Waals surface area (Å²) in [5.41, 5.74) is 1.17. The van der Waals surface area contributed by atoms with Gasteiger partial charge in [-0.3, -0.25) is 14.5 Å². The standard InChI is InChI=1S/C25H22N2O4/c1-2-16-31-19-13-11-18(12-14-19)23(28)21-22(17-8-4-3-5-9-17)27(25(30)24(21)29)20-10-6-7-15-26-20/h3-15,22,28H,2,16H2,1H3/b23-21+. The van der Waals surface area contributed by atoms with E-state index >= 15 is 0 Å². The van der Waals surface area contributed by atoms with Gasteiger partial charge in [-0.15, -0.1) is 0 Å². The lowest BCUT2D eigenvalue weighted by Gasteiger charge is -2.24. The van der Waals surface area contributed by atoms with Crippen LogP contribution in [0.2, 0.25) is 0 Å². The van der Waals surface area contributed by atoms with Gasteiger partial charge in [0.25, 0.3) is 5.78 Å². The molecule has 1 amide bonds. The van der Waals surface area contributed by atoms with E-state index in [4.69, 9.17) is 4.74 Å². The number of benzene rings is 2. The number of rotatable bonds is 6. The maximum absolute atomic E-state index is 13.0. The van der Waals surface area contributed by atoms with Crippen LogP contribution in [0.1, 0.15) is 30.5 Å². The fourth-order valence-corrected chi connectivity index (χ4v) is 3.60. The van der Waals surface area contributed by atoms with Crippen LogP contribution in [0, 0.1) is 0 Å². The molecule has 3 aromatic rings. The van der Waals surface area contributed by atoms with Crippen molar-refractivity contribution in [3.05, 3.63) is 95.7 Å². The molecule has 31 heavy (non-hydrogen) atoms. The Kier molecular flexibility index (Phi) is 5.80. The van der Waals surface area contributed by atoms with Gasteiger partial charge < -0.3 is 9.84 Å². The van der Waals surface area contributed by atoms with E-state index in [2.05, 4.69) is 4.98 Å². The summed E-state index contributed by atoms with van der Waals surface area (Å²) in [4.78, 5) is 31.6. The Balaban J connectivity index is 1.82. The number of nitrogens with zero attached hydrogens (tertiary/aromatic N) is 2. The SMILES string of the molecule is CCCOc1ccc(/C(O)=C2\C(=O)C(=O)N(c3ccccn3)C2c2ccccc2)cc1. The minimum atomic E-state index is -0.785. The Morgan fingerprint density at radius 3 is 2.35 bits per heavy atom. The third-order valence-corrected chi connectivity index (χ3v) is 5.06. The number of carbonyl (C=O) groups excluding carboxylic acids is 2. The van der Waals surface area contributed by atoms with Crippen LogP contribution in [0.5, 0.6) is 5.75 Å². The molecule has 1 N–H and O–H groups in total. The molecule has 0 radical (unpaired) electrons. The highest BCUT2D eigenvalue weighted by Crippen LogP contribution is 2.41. The van der Waals surface area contributed by atoms with E-state index in [-0.39, 0.29) is 11.3 Å². The highest BCUT2D eigenvalue weighted by molar-refractivity contribution is 6.51. The first-order valence-corrected chi connectivity index (χ1v) is 10.1.